The molecule has 2 rings (SSSR count). The average molecular weight is 220 g/mol. The lowest BCUT2D eigenvalue weighted by Gasteiger charge is -2.04. The van der Waals surface area contributed by atoms with E-state index in [1.165, 1.54) is 6.07 Å². The van der Waals surface area contributed by atoms with E-state index in [2.05, 4.69) is 9.97 Å². The molecule has 84 valence electrons. The average Bonchev–Trinajstić information content (AvgIpc) is 2.30. The minimum absolute atomic E-state index is 0.119. The molecule has 0 atom stereocenters. The number of hydrogen-bond acceptors (Lipinski definition) is 4. The predicted molar refractivity (Wildman–Crippen MR) is 59.7 cm³/mol. The lowest BCUT2D eigenvalue weighted by Crippen LogP contribution is -2.07. The third kappa shape index (κ3) is 2.20. The summed E-state index contributed by atoms with van der Waals surface area (Å²) in [5.41, 5.74) is 0.968. The number of aromatic amines is 1. The predicted octanol–water partition coefficient (Wildman–Crippen LogP) is 0.948. The van der Waals surface area contributed by atoms with E-state index in [9.17, 15) is 4.79 Å². The van der Waals surface area contributed by atoms with Crippen LogP contribution in [0.1, 0.15) is 0 Å². The molecule has 0 unspecified atom stereocenters. The number of rotatable bonds is 4. The molecular weight excluding hydrogens is 208 g/mol. The van der Waals surface area contributed by atoms with Crippen LogP contribution in [0, 0.1) is 0 Å². The number of nitrogens with zero attached hydrogens (tertiary/aromatic N) is 1. The number of aromatic nitrogens is 2. The summed E-state index contributed by atoms with van der Waals surface area (Å²) >= 11 is 0. The minimum Gasteiger partial charge on any atom is -0.475 e. The van der Waals surface area contributed by atoms with Gasteiger partial charge in [0.25, 0.3) is 0 Å². The van der Waals surface area contributed by atoms with Crippen LogP contribution < -0.4 is 10.2 Å². The molecule has 16 heavy (non-hydrogen) atoms. The van der Waals surface area contributed by atoms with Crippen molar-refractivity contribution in [2.45, 2.75) is 0 Å². The van der Waals surface area contributed by atoms with Gasteiger partial charge in [-0.2, -0.15) is 0 Å². The van der Waals surface area contributed by atoms with Crippen LogP contribution in [0.2, 0.25) is 0 Å². The summed E-state index contributed by atoms with van der Waals surface area (Å²) in [6.45, 7) is 0.907. The van der Waals surface area contributed by atoms with E-state index in [-0.39, 0.29) is 5.43 Å². The number of H-pyrrole nitrogens is 1. The highest BCUT2D eigenvalue weighted by Gasteiger charge is 2.02. The van der Waals surface area contributed by atoms with Gasteiger partial charge in [0.15, 0.2) is 0 Å². The lowest BCUT2D eigenvalue weighted by atomic mass is 10.3. The highest BCUT2D eigenvalue weighted by Crippen LogP contribution is 2.11. The molecule has 2 heterocycles. The van der Waals surface area contributed by atoms with Gasteiger partial charge < -0.3 is 14.5 Å². The molecule has 5 heteroatoms. The number of methoxy groups -OCH3 is 1. The van der Waals surface area contributed by atoms with Crippen LogP contribution in [0.25, 0.3) is 11.0 Å². The van der Waals surface area contributed by atoms with Crippen molar-refractivity contribution >= 4 is 11.0 Å². The van der Waals surface area contributed by atoms with Gasteiger partial charge in [0.2, 0.25) is 11.3 Å². The standard InChI is InChI=1S/C11H12N2O3/c1-15-6-7-16-10-3-2-8-11(13-10)9(14)4-5-12-8/h2-5H,6-7H2,1H3,(H,12,14). The van der Waals surface area contributed by atoms with Crippen LogP contribution >= 0.6 is 0 Å². The molecule has 0 spiro atoms. The fourth-order valence-corrected chi connectivity index (χ4v) is 1.34. The van der Waals surface area contributed by atoms with Crippen LogP contribution in [0.15, 0.2) is 29.2 Å². The quantitative estimate of drug-likeness (QED) is 0.779. The number of ether oxygens (including phenoxy) is 2. The second-order valence-corrected chi connectivity index (χ2v) is 3.23. The van der Waals surface area contributed by atoms with Crippen molar-refractivity contribution in [2.24, 2.45) is 0 Å². The molecule has 0 saturated heterocycles. The van der Waals surface area contributed by atoms with Gasteiger partial charge in [-0.25, -0.2) is 4.98 Å². The number of pyridine rings is 2. The summed E-state index contributed by atoms with van der Waals surface area (Å²) in [5, 5.41) is 0. The Balaban J connectivity index is 2.29. The summed E-state index contributed by atoms with van der Waals surface area (Å²) in [6, 6.07) is 4.92. The first-order valence-electron chi connectivity index (χ1n) is 4.91. The zero-order chi connectivity index (χ0) is 11.4. The highest BCUT2D eigenvalue weighted by molar-refractivity contribution is 5.73. The molecule has 5 nitrogen and oxygen atoms in total. The van der Waals surface area contributed by atoms with Crippen LogP contribution in [0.3, 0.4) is 0 Å². The molecule has 0 aliphatic carbocycles. The van der Waals surface area contributed by atoms with Gasteiger partial charge >= 0.3 is 0 Å². The smallest absolute Gasteiger partial charge is 0.214 e. The number of fused-ring (bicyclic) bond motifs is 1. The number of hydrogen-bond donors (Lipinski definition) is 1. The molecule has 2 aromatic heterocycles. The Morgan fingerprint density at radius 2 is 2.19 bits per heavy atom. The summed E-state index contributed by atoms with van der Waals surface area (Å²) in [6.07, 6.45) is 1.60. The van der Waals surface area contributed by atoms with E-state index in [4.69, 9.17) is 9.47 Å². The topological polar surface area (TPSA) is 64.2 Å². The molecule has 0 bridgehead atoms. The molecule has 0 aliphatic heterocycles. The third-order valence-corrected chi connectivity index (χ3v) is 2.11. The number of nitrogens with one attached hydrogen (secondary N) is 1. The maximum atomic E-state index is 11.5. The van der Waals surface area contributed by atoms with Crippen molar-refractivity contribution in [1.29, 1.82) is 0 Å². The Morgan fingerprint density at radius 3 is 3.00 bits per heavy atom. The Labute approximate surface area is 92.0 Å². The SMILES string of the molecule is COCCOc1ccc2[nH]ccc(=O)c2n1. The van der Waals surface area contributed by atoms with Crippen molar-refractivity contribution in [1.82, 2.24) is 9.97 Å². The molecule has 0 amide bonds. The summed E-state index contributed by atoms with van der Waals surface area (Å²) in [7, 11) is 1.60. The fraction of sp³-hybridized carbons (Fsp3) is 0.273. The van der Waals surface area contributed by atoms with Gasteiger partial charge in [0, 0.05) is 25.4 Å². The molecule has 0 saturated carbocycles. The first-order chi connectivity index (χ1) is 7.81. The van der Waals surface area contributed by atoms with Gasteiger partial charge in [-0.3, -0.25) is 4.79 Å². The van der Waals surface area contributed by atoms with Crippen molar-refractivity contribution in [3.8, 4) is 5.88 Å². The van der Waals surface area contributed by atoms with E-state index in [0.717, 1.165) is 0 Å². The second kappa shape index (κ2) is 4.76. The Bertz CT molecular complexity index is 536. The molecule has 0 fully saturated rings. The molecule has 2 aromatic rings. The second-order valence-electron chi connectivity index (χ2n) is 3.23. The van der Waals surface area contributed by atoms with Gasteiger partial charge in [-0.05, 0) is 6.07 Å². The van der Waals surface area contributed by atoms with E-state index >= 15 is 0 Å². The van der Waals surface area contributed by atoms with Gasteiger partial charge in [-0.15, -0.1) is 0 Å². The molecule has 1 N–H and O–H groups in total. The van der Waals surface area contributed by atoms with Crippen molar-refractivity contribution in [2.75, 3.05) is 20.3 Å². The molecular formula is C11H12N2O3. The maximum Gasteiger partial charge on any atom is 0.214 e. The molecule has 0 aliphatic rings. The largest absolute Gasteiger partial charge is 0.475 e. The first kappa shape index (κ1) is 10.6. The fourth-order valence-electron chi connectivity index (χ4n) is 1.34. The normalized spacial score (nSPS) is 10.6. The Kier molecular flexibility index (Phi) is 3.16. The van der Waals surface area contributed by atoms with E-state index in [0.29, 0.717) is 30.1 Å². The Hall–Kier alpha value is -1.88. The van der Waals surface area contributed by atoms with Crippen LogP contribution in [0.5, 0.6) is 5.88 Å². The zero-order valence-electron chi connectivity index (χ0n) is 8.90. The third-order valence-electron chi connectivity index (χ3n) is 2.11. The monoisotopic (exact) mass is 220 g/mol. The van der Waals surface area contributed by atoms with E-state index in [1.807, 2.05) is 0 Å². The summed E-state index contributed by atoms with van der Waals surface area (Å²) in [4.78, 5) is 18.6. The molecule has 0 radical (unpaired) electrons. The van der Waals surface area contributed by atoms with Crippen LogP contribution in [-0.2, 0) is 4.74 Å². The van der Waals surface area contributed by atoms with Gasteiger partial charge in [0.05, 0.1) is 12.1 Å². The van der Waals surface area contributed by atoms with Crippen molar-refractivity contribution in [3.63, 3.8) is 0 Å². The Morgan fingerprint density at radius 1 is 1.31 bits per heavy atom. The highest BCUT2D eigenvalue weighted by atomic mass is 16.5. The zero-order valence-corrected chi connectivity index (χ0v) is 8.90. The summed E-state index contributed by atoms with van der Waals surface area (Å²) < 4.78 is 10.2. The molecule has 0 aromatic carbocycles. The van der Waals surface area contributed by atoms with Crippen molar-refractivity contribution in [3.05, 3.63) is 34.6 Å². The lowest BCUT2D eigenvalue weighted by molar-refractivity contribution is 0.144. The van der Waals surface area contributed by atoms with E-state index in [1.54, 1.807) is 25.4 Å². The summed E-state index contributed by atoms with van der Waals surface area (Å²) in [5.74, 6) is 0.432. The minimum atomic E-state index is -0.119. The maximum absolute atomic E-state index is 11.5. The van der Waals surface area contributed by atoms with E-state index < -0.39 is 0 Å². The van der Waals surface area contributed by atoms with Gasteiger partial charge in [-0.1, -0.05) is 0 Å². The first-order valence-corrected chi connectivity index (χ1v) is 4.91. The van der Waals surface area contributed by atoms with Crippen molar-refractivity contribution < 1.29 is 9.47 Å². The van der Waals surface area contributed by atoms with Gasteiger partial charge in [0.1, 0.15) is 12.1 Å². The van der Waals surface area contributed by atoms with Crippen LogP contribution in [-0.4, -0.2) is 30.3 Å². The van der Waals surface area contributed by atoms with Crippen LogP contribution in [0.4, 0.5) is 0 Å².